The summed E-state index contributed by atoms with van der Waals surface area (Å²) in [6.45, 7) is 3.61. The molecule has 0 unspecified atom stereocenters. The summed E-state index contributed by atoms with van der Waals surface area (Å²) in [7, 11) is 6.13. The summed E-state index contributed by atoms with van der Waals surface area (Å²) in [5, 5.41) is 11.8. The van der Waals surface area contributed by atoms with Crippen LogP contribution in [-0.2, 0) is 4.79 Å². The van der Waals surface area contributed by atoms with Gasteiger partial charge in [0.1, 0.15) is 40.8 Å². The largest absolute Gasteiger partial charge is 0.377 e. The van der Waals surface area contributed by atoms with E-state index in [0.717, 1.165) is 24.8 Å². The van der Waals surface area contributed by atoms with E-state index < -0.39 is 22.7 Å². The SMILES string of the molecule is BC(B)(B)C#C[C@]1(O)CC[C@H]2[C@@H]3CCC4=CC(=O)CCC4=C3[C@@H](c3cc(F)c(C)c(F)c3)C[C@@]21C. The van der Waals surface area contributed by atoms with Gasteiger partial charge >= 0.3 is 0 Å². The molecule has 4 aliphatic carbocycles. The molecule has 2 fully saturated rings. The highest BCUT2D eigenvalue weighted by atomic mass is 19.1. The van der Waals surface area contributed by atoms with Gasteiger partial charge in [0.25, 0.3) is 0 Å². The highest BCUT2D eigenvalue weighted by Gasteiger charge is 2.62. The van der Waals surface area contributed by atoms with Crippen molar-refractivity contribution < 1.29 is 18.7 Å². The summed E-state index contributed by atoms with van der Waals surface area (Å²) in [5.41, 5.74) is 2.62. The zero-order valence-electron chi connectivity index (χ0n) is 21.5. The van der Waals surface area contributed by atoms with Crippen molar-refractivity contribution in [3.63, 3.8) is 0 Å². The minimum Gasteiger partial charge on any atom is -0.377 e. The number of benzene rings is 1. The van der Waals surface area contributed by atoms with E-state index in [1.54, 1.807) is 6.08 Å². The van der Waals surface area contributed by atoms with Gasteiger partial charge in [-0.2, -0.15) is 0 Å². The van der Waals surface area contributed by atoms with Crippen molar-refractivity contribution in [2.75, 3.05) is 0 Å². The van der Waals surface area contributed by atoms with Crippen molar-refractivity contribution in [3.05, 3.63) is 57.7 Å². The molecule has 2 nitrogen and oxygen atoms in total. The maximum absolute atomic E-state index is 14.8. The third-order valence-electron chi connectivity index (χ3n) is 9.24. The first-order valence-electron chi connectivity index (χ1n) is 13.0. The van der Waals surface area contributed by atoms with Crippen LogP contribution < -0.4 is 0 Å². The number of hydrogen-bond donors (Lipinski definition) is 1. The van der Waals surface area contributed by atoms with Crippen LogP contribution in [0, 0.1) is 47.6 Å². The molecule has 7 heteroatoms. The average Bonchev–Trinajstić information content (AvgIpc) is 3.05. The quantitative estimate of drug-likeness (QED) is 0.505. The molecule has 4 aliphatic rings. The minimum atomic E-state index is -1.14. The Balaban J connectivity index is 1.70. The van der Waals surface area contributed by atoms with E-state index in [9.17, 15) is 18.7 Å². The number of allylic oxidation sites excluding steroid dienone is 4. The van der Waals surface area contributed by atoms with Crippen LogP contribution in [0.25, 0.3) is 0 Å². The summed E-state index contributed by atoms with van der Waals surface area (Å²) in [6, 6.07) is 2.97. The van der Waals surface area contributed by atoms with Crippen LogP contribution in [-0.4, -0.2) is 40.0 Å². The number of ketones is 1. The standard InChI is InChI=1S/C28H33B3F2O2/c1-15-23(32)12-17(13-24(15)33)21-14-26(2)22(7-8-27(26,35)9-10-28(29,30)31)20-5-3-16-11-18(34)4-6-19(16)25(20)21/h11-13,20-22,35H,3-8,14,29-31H2,1-2H3/t20-,21+,22-,26-,27+/m0/s1. The Morgan fingerprint density at radius 2 is 1.80 bits per heavy atom. The van der Waals surface area contributed by atoms with Crippen molar-refractivity contribution in [2.45, 2.75) is 75.4 Å². The molecule has 0 spiro atoms. The average molecular weight is 472 g/mol. The Hall–Kier alpha value is -2.06. The molecule has 0 bridgehead atoms. The lowest BCUT2D eigenvalue weighted by Gasteiger charge is -2.53. The van der Waals surface area contributed by atoms with E-state index in [1.165, 1.54) is 30.2 Å². The number of rotatable bonds is 1. The van der Waals surface area contributed by atoms with Crippen molar-refractivity contribution in [1.29, 1.82) is 0 Å². The zero-order valence-corrected chi connectivity index (χ0v) is 21.5. The topological polar surface area (TPSA) is 37.3 Å². The number of hydrogen-bond acceptors (Lipinski definition) is 2. The molecule has 5 atom stereocenters. The van der Waals surface area contributed by atoms with Crippen LogP contribution in [0.2, 0.25) is 5.11 Å². The monoisotopic (exact) mass is 472 g/mol. The van der Waals surface area contributed by atoms with E-state index in [0.29, 0.717) is 31.2 Å². The molecule has 1 aromatic rings. The number of halogens is 2. The fourth-order valence-corrected chi connectivity index (χ4v) is 7.33. The van der Waals surface area contributed by atoms with E-state index in [1.807, 2.05) is 23.5 Å². The molecule has 0 aromatic heterocycles. The lowest BCUT2D eigenvalue weighted by Crippen LogP contribution is -2.51. The smallest absolute Gasteiger partial charge is 0.156 e. The maximum atomic E-state index is 14.8. The Morgan fingerprint density at radius 3 is 2.46 bits per heavy atom. The molecule has 1 N–H and O–H groups in total. The van der Waals surface area contributed by atoms with Gasteiger partial charge in [-0.05, 0) is 92.2 Å². The molecular formula is C28H33B3F2O2. The van der Waals surface area contributed by atoms with Gasteiger partial charge in [0.05, 0.1) is 0 Å². The van der Waals surface area contributed by atoms with Gasteiger partial charge in [0, 0.05) is 23.3 Å². The van der Waals surface area contributed by atoms with Gasteiger partial charge in [-0.25, -0.2) is 8.78 Å². The number of carbonyl (C=O) groups excluding carboxylic acids is 1. The number of aliphatic hydroxyl groups is 1. The van der Waals surface area contributed by atoms with Gasteiger partial charge in [-0.1, -0.05) is 23.5 Å². The first-order valence-corrected chi connectivity index (χ1v) is 13.0. The van der Waals surface area contributed by atoms with Crippen LogP contribution in [0.1, 0.15) is 68.9 Å². The minimum absolute atomic E-state index is 0.0313. The Labute approximate surface area is 210 Å². The zero-order chi connectivity index (χ0) is 25.3. The molecule has 0 aliphatic heterocycles. The van der Waals surface area contributed by atoms with Crippen LogP contribution >= 0.6 is 0 Å². The molecule has 5 rings (SSSR count). The second-order valence-electron chi connectivity index (χ2n) is 12.5. The van der Waals surface area contributed by atoms with E-state index in [4.69, 9.17) is 0 Å². The number of carbonyl (C=O) groups is 1. The van der Waals surface area contributed by atoms with Crippen LogP contribution in [0.5, 0.6) is 0 Å². The normalized spacial score (nSPS) is 34.4. The molecule has 35 heavy (non-hydrogen) atoms. The van der Waals surface area contributed by atoms with Gasteiger partial charge in [0.2, 0.25) is 0 Å². The summed E-state index contributed by atoms with van der Waals surface area (Å²) in [5.74, 6) is 5.93. The predicted molar refractivity (Wildman–Crippen MR) is 142 cm³/mol. The maximum Gasteiger partial charge on any atom is 0.156 e. The first kappa shape index (κ1) is 24.6. The summed E-state index contributed by atoms with van der Waals surface area (Å²) >= 11 is 0. The summed E-state index contributed by atoms with van der Waals surface area (Å²) < 4.78 is 29.6. The van der Waals surface area contributed by atoms with Crippen LogP contribution in [0.4, 0.5) is 8.78 Å². The second-order valence-corrected chi connectivity index (χ2v) is 12.5. The van der Waals surface area contributed by atoms with Gasteiger partial charge in [0.15, 0.2) is 5.78 Å². The lowest BCUT2D eigenvalue weighted by molar-refractivity contribution is -0.114. The van der Waals surface area contributed by atoms with Crippen LogP contribution in [0.15, 0.2) is 34.9 Å². The molecule has 2 saturated carbocycles. The van der Waals surface area contributed by atoms with E-state index in [-0.39, 0.29) is 34.2 Å². The summed E-state index contributed by atoms with van der Waals surface area (Å²) in [6.07, 6.45) is 6.80. The van der Waals surface area contributed by atoms with Crippen LogP contribution in [0.3, 0.4) is 0 Å². The Morgan fingerprint density at radius 1 is 1.11 bits per heavy atom. The van der Waals surface area contributed by atoms with Gasteiger partial charge < -0.3 is 5.11 Å². The second kappa shape index (κ2) is 8.24. The summed E-state index contributed by atoms with van der Waals surface area (Å²) in [4.78, 5) is 12.2. The molecule has 180 valence electrons. The van der Waals surface area contributed by atoms with E-state index >= 15 is 0 Å². The Kier molecular flexibility index (Phi) is 5.80. The lowest BCUT2D eigenvalue weighted by atomic mass is 9.43. The first-order chi connectivity index (χ1) is 16.3. The van der Waals surface area contributed by atoms with Gasteiger partial charge in [-0.3, -0.25) is 4.79 Å². The molecule has 0 amide bonds. The molecule has 1 aromatic carbocycles. The third kappa shape index (κ3) is 3.97. The van der Waals surface area contributed by atoms with Crippen molar-refractivity contribution in [2.24, 2.45) is 17.3 Å². The van der Waals surface area contributed by atoms with Gasteiger partial charge in [-0.15, -0.1) is 5.92 Å². The highest BCUT2D eigenvalue weighted by Crippen LogP contribution is 2.66. The number of fused-ring (bicyclic) bond motifs is 4. The van der Waals surface area contributed by atoms with Crippen molar-refractivity contribution >= 4 is 29.3 Å². The molecule has 0 radical (unpaired) electrons. The predicted octanol–water partition coefficient (Wildman–Crippen LogP) is 2.88. The van der Waals surface area contributed by atoms with E-state index in [2.05, 4.69) is 18.8 Å². The van der Waals surface area contributed by atoms with Crippen molar-refractivity contribution in [3.8, 4) is 11.8 Å². The third-order valence-corrected chi connectivity index (χ3v) is 9.24. The molecular weight excluding hydrogens is 439 g/mol. The fourth-order valence-electron chi connectivity index (χ4n) is 7.33. The highest BCUT2D eigenvalue weighted by molar-refractivity contribution is 6.61. The Bertz CT molecular complexity index is 1210. The molecule has 0 saturated heterocycles. The molecule has 0 heterocycles. The van der Waals surface area contributed by atoms with Crippen molar-refractivity contribution in [1.82, 2.24) is 0 Å². The fraction of sp³-hybridized carbons (Fsp3) is 0.536.